The second kappa shape index (κ2) is 12.6. The second-order valence-electron chi connectivity index (χ2n) is 7.40. The Hall–Kier alpha value is -2.21. The smallest absolute Gasteiger partial charge is 0.326 e. The lowest BCUT2D eigenvalue weighted by molar-refractivity contribution is -0.148. The summed E-state index contributed by atoms with van der Waals surface area (Å²) in [5.41, 5.74) is 0. The molecular formula is C19H28N4O6S2. The highest BCUT2D eigenvalue weighted by Gasteiger charge is 2.30. The zero-order chi connectivity index (χ0) is 22.8. The summed E-state index contributed by atoms with van der Waals surface area (Å²) in [6.45, 7) is 2.82. The van der Waals surface area contributed by atoms with Gasteiger partial charge in [0.25, 0.3) is 0 Å². The molecule has 0 radical (unpaired) electrons. The summed E-state index contributed by atoms with van der Waals surface area (Å²) in [7, 11) is 2.96. The van der Waals surface area contributed by atoms with Gasteiger partial charge >= 0.3 is 5.97 Å². The number of hydrogen-bond acceptors (Lipinski definition) is 8. The molecule has 0 unspecified atom stereocenters. The highest BCUT2D eigenvalue weighted by molar-refractivity contribution is 8.76. The van der Waals surface area contributed by atoms with E-state index in [1.165, 1.54) is 21.6 Å². The minimum Gasteiger partial charge on any atom is -0.456 e. The van der Waals surface area contributed by atoms with Gasteiger partial charge in [-0.3, -0.25) is 24.0 Å². The summed E-state index contributed by atoms with van der Waals surface area (Å²) >= 11 is 0. The van der Waals surface area contributed by atoms with Crippen LogP contribution in [0.15, 0.2) is 12.2 Å². The van der Waals surface area contributed by atoms with E-state index in [1.807, 2.05) is 6.08 Å². The maximum atomic E-state index is 12.9. The third-order valence-corrected chi connectivity index (χ3v) is 6.90. The van der Waals surface area contributed by atoms with Crippen LogP contribution in [-0.2, 0) is 28.7 Å². The SMILES string of the molecule is CC(C)[C@H]1NC(=O)C[C@H]2C=CCCSSC[C@@H](NC1=O)C(=O)NCC(=O)NCC(=O)O2. The molecule has 31 heavy (non-hydrogen) atoms. The van der Waals surface area contributed by atoms with E-state index in [4.69, 9.17) is 4.74 Å². The average molecular weight is 473 g/mol. The third kappa shape index (κ3) is 8.82. The zero-order valence-corrected chi connectivity index (χ0v) is 19.1. The van der Waals surface area contributed by atoms with Gasteiger partial charge in [-0.25, -0.2) is 0 Å². The molecule has 0 aromatic rings. The number of amides is 4. The first-order valence-electron chi connectivity index (χ1n) is 10.0. The fraction of sp³-hybridized carbons (Fsp3) is 0.632. The van der Waals surface area contributed by atoms with Crippen LogP contribution in [-0.4, -0.2) is 72.4 Å². The van der Waals surface area contributed by atoms with E-state index >= 15 is 0 Å². The largest absolute Gasteiger partial charge is 0.456 e. The molecule has 2 rings (SSSR count). The lowest BCUT2D eigenvalue weighted by Crippen LogP contribution is -2.57. The van der Waals surface area contributed by atoms with Crippen molar-refractivity contribution in [2.24, 2.45) is 5.92 Å². The molecule has 3 atom stereocenters. The molecule has 4 amide bonds. The first-order valence-corrected chi connectivity index (χ1v) is 12.5. The lowest BCUT2D eigenvalue weighted by Gasteiger charge is -2.26. The van der Waals surface area contributed by atoms with Crippen molar-refractivity contribution >= 4 is 51.2 Å². The van der Waals surface area contributed by atoms with Gasteiger partial charge in [-0.2, -0.15) is 0 Å². The van der Waals surface area contributed by atoms with E-state index < -0.39 is 47.8 Å². The highest BCUT2D eigenvalue weighted by atomic mass is 33.1. The molecule has 10 nitrogen and oxygen atoms in total. The first kappa shape index (κ1) is 25.1. The lowest BCUT2D eigenvalue weighted by atomic mass is 10.0. The number of fused-ring (bicyclic) bond motifs is 7. The van der Waals surface area contributed by atoms with Gasteiger partial charge in [-0.15, -0.1) is 0 Å². The highest BCUT2D eigenvalue weighted by Crippen LogP contribution is 2.23. The second-order valence-corrected chi connectivity index (χ2v) is 10.0. The molecule has 2 bridgehead atoms. The molecule has 172 valence electrons. The Morgan fingerprint density at radius 2 is 1.74 bits per heavy atom. The van der Waals surface area contributed by atoms with E-state index in [1.54, 1.807) is 19.9 Å². The van der Waals surface area contributed by atoms with Crippen LogP contribution in [0.25, 0.3) is 0 Å². The number of carbonyl (C=O) groups is 5. The zero-order valence-electron chi connectivity index (χ0n) is 17.5. The van der Waals surface area contributed by atoms with Crippen LogP contribution in [0.1, 0.15) is 26.7 Å². The number of ether oxygens (including phenoxy) is 1. The van der Waals surface area contributed by atoms with Crippen molar-refractivity contribution in [3.63, 3.8) is 0 Å². The molecule has 0 aromatic heterocycles. The van der Waals surface area contributed by atoms with Gasteiger partial charge in [0, 0.05) is 11.5 Å². The monoisotopic (exact) mass is 472 g/mol. The Bertz CT molecular complexity index is 730. The van der Waals surface area contributed by atoms with Crippen LogP contribution in [0.4, 0.5) is 0 Å². The fourth-order valence-electron chi connectivity index (χ4n) is 2.82. The van der Waals surface area contributed by atoms with Crippen LogP contribution in [0.5, 0.6) is 0 Å². The fourth-order valence-corrected chi connectivity index (χ4v) is 4.97. The normalized spacial score (nSPS) is 27.5. The van der Waals surface area contributed by atoms with Crippen molar-refractivity contribution in [3.8, 4) is 0 Å². The average Bonchev–Trinajstić information content (AvgIpc) is 2.71. The van der Waals surface area contributed by atoms with Gasteiger partial charge in [0.1, 0.15) is 24.7 Å². The molecule has 2 heterocycles. The summed E-state index contributed by atoms with van der Waals surface area (Å²) in [5.74, 6) is -1.99. The van der Waals surface area contributed by atoms with Crippen LogP contribution in [0.3, 0.4) is 0 Å². The standard InChI is InChI=1S/C19H28N4O6S2/c1-11(2)17-19(28)22-13-10-31-30-6-4-3-5-12(7-14(24)23-17)29-16(26)9-20-15(25)8-21-18(13)27/h3,5,11-13,17H,4,6-10H2,1-2H3,(H,20,25)(H,21,27)(H,22,28)(H,23,24)/t12-,13-,17-/m1/s1. The number of rotatable bonds is 1. The van der Waals surface area contributed by atoms with Crippen molar-refractivity contribution in [2.45, 2.75) is 44.9 Å². The number of allylic oxidation sites excluding steroid dienone is 1. The Morgan fingerprint density at radius 3 is 2.48 bits per heavy atom. The molecule has 2 aliphatic rings. The van der Waals surface area contributed by atoms with E-state index in [-0.39, 0.29) is 31.2 Å². The van der Waals surface area contributed by atoms with Gasteiger partial charge in [0.05, 0.1) is 13.0 Å². The number of nitrogens with one attached hydrogen (secondary N) is 4. The van der Waals surface area contributed by atoms with Gasteiger partial charge in [0.15, 0.2) is 0 Å². The maximum absolute atomic E-state index is 12.9. The van der Waals surface area contributed by atoms with Crippen molar-refractivity contribution in [1.82, 2.24) is 21.3 Å². The Labute approximate surface area is 188 Å². The van der Waals surface area contributed by atoms with E-state index in [9.17, 15) is 24.0 Å². The van der Waals surface area contributed by atoms with Crippen LogP contribution in [0, 0.1) is 5.92 Å². The van der Waals surface area contributed by atoms with E-state index in [2.05, 4.69) is 21.3 Å². The van der Waals surface area contributed by atoms with Gasteiger partial charge in [-0.05, 0) is 18.4 Å². The number of esters is 1. The Kier molecular flexibility index (Phi) is 10.2. The predicted octanol–water partition coefficient (Wildman–Crippen LogP) is -0.499. The molecule has 1 saturated heterocycles. The van der Waals surface area contributed by atoms with Gasteiger partial charge < -0.3 is 26.0 Å². The topological polar surface area (TPSA) is 143 Å². The van der Waals surface area contributed by atoms with Crippen molar-refractivity contribution in [2.75, 3.05) is 24.6 Å². The quantitative estimate of drug-likeness (QED) is 0.227. The summed E-state index contributed by atoms with van der Waals surface area (Å²) < 4.78 is 5.33. The van der Waals surface area contributed by atoms with Gasteiger partial charge in [-0.1, -0.05) is 41.5 Å². The van der Waals surface area contributed by atoms with Gasteiger partial charge in [0.2, 0.25) is 23.6 Å². The minimum atomic E-state index is -0.887. The third-order valence-electron chi connectivity index (χ3n) is 4.46. The van der Waals surface area contributed by atoms with Crippen molar-refractivity contribution in [1.29, 1.82) is 0 Å². The molecule has 0 aromatic carbocycles. The summed E-state index contributed by atoms with van der Waals surface area (Å²) in [5, 5.41) is 10.2. The Morgan fingerprint density at radius 1 is 0.968 bits per heavy atom. The van der Waals surface area contributed by atoms with Crippen LogP contribution < -0.4 is 21.3 Å². The molecule has 2 aliphatic heterocycles. The molecular weight excluding hydrogens is 444 g/mol. The van der Waals surface area contributed by atoms with E-state index in [0.717, 1.165) is 5.75 Å². The molecule has 1 fully saturated rings. The molecule has 0 aliphatic carbocycles. The van der Waals surface area contributed by atoms with Crippen molar-refractivity contribution < 1.29 is 28.7 Å². The molecule has 12 heteroatoms. The minimum absolute atomic E-state index is 0.168. The maximum Gasteiger partial charge on any atom is 0.326 e. The van der Waals surface area contributed by atoms with E-state index in [0.29, 0.717) is 6.42 Å². The Balaban J connectivity index is 2.36. The summed E-state index contributed by atoms with van der Waals surface area (Å²) in [4.78, 5) is 62.1. The predicted molar refractivity (Wildman–Crippen MR) is 118 cm³/mol. The number of hydrogen-bond donors (Lipinski definition) is 4. The summed E-state index contributed by atoms with van der Waals surface area (Å²) in [6, 6.07) is -1.76. The molecule has 0 spiro atoms. The molecule has 0 saturated carbocycles. The summed E-state index contributed by atoms with van der Waals surface area (Å²) in [6.07, 6.45) is 3.13. The first-order chi connectivity index (χ1) is 14.8. The van der Waals surface area contributed by atoms with Crippen LogP contribution >= 0.6 is 21.6 Å². The van der Waals surface area contributed by atoms with Crippen molar-refractivity contribution in [3.05, 3.63) is 12.2 Å². The van der Waals surface area contributed by atoms with Crippen LogP contribution in [0.2, 0.25) is 0 Å². The molecule has 4 N–H and O–H groups in total. The number of carbonyl (C=O) groups excluding carboxylic acids is 5.